The lowest BCUT2D eigenvalue weighted by molar-refractivity contribution is -0.147. The van der Waals surface area contributed by atoms with Crippen molar-refractivity contribution in [2.75, 3.05) is 0 Å². The number of carbonyl (C=O) groups is 2. The van der Waals surface area contributed by atoms with Crippen molar-refractivity contribution in [2.24, 2.45) is 5.92 Å². The van der Waals surface area contributed by atoms with Gasteiger partial charge in [0.1, 0.15) is 11.3 Å². The van der Waals surface area contributed by atoms with E-state index in [0.717, 1.165) is 48.6 Å². The molecule has 0 N–H and O–H groups in total. The first-order valence-corrected chi connectivity index (χ1v) is 10.3. The molecule has 0 saturated heterocycles. The van der Waals surface area contributed by atoms with Gasteiger partial charge >= 0.3 is 17.6 Å². The number of carbonyl (C=O) groups excluding carboxylic acids is 2. The Morgan fingerprint density at radius 1 is 1.14 bits per heavy atom. The number of benzene rings is 1. The first-order valence-electron chi connectivity index (χ1n) is 10.3. The molecule has 0 aliphatic heterocycles. The average molecular weight is 400 g/mol. The van der Waals surface area contributed by atoms with Crippen LogP contribution < -0.4 is 10.4 Å². The molecular weight excluding hydrogens is 372 g/mol. The van der Waals surface area contributed by atoms with Crippen LogP contribution in [0.25, 0.3) is 11.0 Å². The summed E-state index contributed by atoms with van der Waals surface area (Å²) in [5.74, 6) is -0.326. The Morgan fingerprint density at radius 3 is 2.55 bits per heavy atom. The molecule has 1 heterocycles. The molecule has 2 aromatic rings. The summed E-state index contributed by atoms with van der Waals surface area (Å²) in [7, 11) is 0. The van der Waals surface area contributed by atoms with Crippen LogP contribution in [0.2, 0.25) is 0 Å². The zero-order chi connectivity index (χ0) is 21.0. The highest BCUT2D eigenvalue weighted by Gasteiger charge is 2.24. The van der Waals surface area contributed by atoms with Crippen molar-refractivity contribution in [2.45, 2.75) is 71.8 Å². The van der Waals surface area contributed by atoms with Gasteiger partial charge in [-0.1, -0.05) is 19.3 Å². The molecule has 0 unspecified atom stereocenters. The molecule has 0 atom stereocenters. The minimum Gasteiger partial charge on any atom is -0.463 e. The number of hydrogen-bond donors (Lipinski definition) is 0. The molecule has 1 fully saturated rings. The summed E-state index contributed by atoms with van der Waals surface area (Å²) in [6.07, 6.45) is 5.22. The van der Waals surface area contributed by atoms with Gasteiger partial charge in [0, 0.05) is 23.9 Å². The Kier molecular flexibility index (Phi) is 6.72. The molecule has 0 bridgehead atoms. The Morgan fingerprint density at radius 2 is 1.86 bits per heavy atom. The van der Waals surface area contributed by atoms with E-state index < -0.39 is 5.63 Å². The van der Waals surface area contributed by atoms with Crippen LogP contribution in [0.15, 0.2) is 27.4 Å². The summed E-state index contributed by atoms with van der Waals surface area (Å²) < 4.78 is 16.2. The molecule has 6 nitrogen and oxygen atoms in total. The molecule has 3 rings (SSSR count). The van der Waals surface area contributed by atoms with Crippen LogP contribution in [0.3, 0.4) is 0 Å². The van der Waals surface area contributed by atoms with Crippen molar-refractivity contribution in [1.29, 1.82) is 0 Å². The molecule has 1 aliphatic carbocycles. The Labute approximate surface area is 170 Å². The van der Waals surface area contributed by atoms with E-state index >= 15 is 0 Å². The lowest BCUT2D eigenvalue weighted by Crippen LogP contribution is -2.23. The van der Waals surface area contributed by atoms with Crippen LogP contribution in [-0.4, -0.2) is 18.0 Å². The van der Waals surface area contributed by atoms with Crippen molar-refractivity contribution in [1.82, 2.24) is 0 Å². The fraction of sp³-hybridized carbons (Fsp3) is 0.522. The molecule has 0 amide bonds. The van der Waals surface area contributed by atoms with Crippen molar-refractivity contribution >= 4 is 22.9 Å². The Hall–Kier alpha value is -2.63. The second-order valence-corrected chi connectivity index (χ2v) is 8.00. The van der Waals surface area contributed by atoms with Gasteiger partial charge < -0.3 is 13.9 Å². The van der Waals surface area contributed by atoms with Crippen LogP contribution in [-0.2, 0) is 20.7 Å². The largest absolute Gasteiger partial charge is 0.463 e. The first kappa shape index (κ1) is 21.1. The molecular formula is C23H28O6. The molecule has 1 aliphatic rings. The highest BCUT2D eigenvalue weighted by atomic mass is 16.5. The molecule has 6 heteroatoms. The van der Waals surface area contributed by atoms with Gasteiger partial charge in [0.05, 0.1) is 12.0 Å². The van der Waals surface area contributed by atoms with Crippen LogP contribution in [0.5, 0.6) is 5.75 Å². The summed E-state index contributed by atoms with van der Waals surface area (Å²) in [6.45, 7) is 5.43. The maximum absolute atomic E-state index is 12.7. The number of hydrogen-bond acceptors (Lipinski definition) is 6. The molecule has 0 radical (unpaired) electrons. The standard InChI is InChI=1S/C23H28O6/c1-14(2)27-21(24)10-9-17-12-18-15(3)11-22(25)28-20(18)13-19(17)29-23(26)16-7-5-4-6-8-16/h11-14,16H,4-10H2,1-3H3. The molecule has 1 saturated carbocycles. The van der Waals surface area contributed by atoms with E-state index in [-0.39, 0.29) is 30.4 Å². The topological polar surface area (TPSA) is 82.8 Å². The smallest absolute Gasteiger partial charge is 0.336 e. The average Bonchev–Trinajstić information content (AvgIpc) is 2.66. The summed E-state index contributed by atoms with van der Waals surface area (Å²) >= 11 is 0. The predicted octanol–water partition coefficient (Wildman–Crippen LogP) is 4.47. The van der Waals surface area contributed by atoms with Gasteiger partial charge in [-0.05, 0) is 57.2 Å². The fourth-order valence-electron chi connectivity index (χ4n) is 3.77. The van der Waals surface area contributed by atoms with E-state index in [0.29, 0.717) is 17.8 Å². The molecule has 156 valence electrons. The van der Waals surface area contributed by atoms with Crippen molar-refractivity contribution in [3.8, 4) is 5.75 Å². The van der Waals surface area contributed by atoms with Gasteiger partial charge in [-0.15, -0.1) is 0 Å². The van der Waals surface area contributed by atoms with Gasteiger partial charge in [-0.2, -0.15) is 0 Å². The number of rotatable bonds is 6. The zero-order valence-corrected chi connectivity index (χ0v) is 17.3. The maximum Gasteiger partial charge on any atom is 0.336 e. The SMILES string of the molecule is Cc1cc(=O)oc2cc(OC(=O)C3CCCCC3)c(CCC(=O)OC(C)C)cc12. The highest BCUT2D eigenvalue weighted by molar-refractivity contribution is 5.84. The lowest BCUT2D eigenvalue weighted by Gasteiger charge is -2.21. The Balaban J connectivity index is 1.90. The second-order valence-electron chi connectivity index (χ2n) is 8.00. The summed E-state index contributed by atoms with van der Waals surface area (Å²) in [6, 6.07) is 4.85. The van der Waals surface area contributed by atoms with Crippen LogP contribution >= 0.6 is 0 Å². The molecule has 1 aromatic heterocycles. The zero-order valence-electron chi connectivity index (χ0n) is 17.3. The van der Waals surface area contributed by atoms with Crippen molar-refractivity contribution < 1.29 is 23.5 Å². The van der Waals surface area contributed by atoms with E-state index in [1.165, 1.54) is 6.07 Å². The van der Waals surface area contributed by atoms with E-state index in [9.17, 15) is 14.4 Å². The molecule has 29 heavy (non-hydrogen) atoms. The normalized spacial score (nSPS) is 14.9. The van der Waals surface area contributed by atoms with Gasteiger partial charge in [-0.25, -0.2) is 4.79 Å². The van der Waals surface area contributed by atoms with E-state index in [1.807, 2.05) is 13.0 Å². The van der Waals surface area contributed by atoms with E-state index in [2.05, 4.69) is 0 Å². The van der Waals surface area contributed by atoms with Gasteiger partial charge in [0.25, 0.3) is 0 Å². The van der Waals surface area contributed by atoms with Crippen LogP contribution in [0, 0.1) is 12.8 Å². The van der Waals surface area contributed by atoms with Crippen LogP contribution in [0.1, 0.15) is 63.5 Å². The fourth-order valence-corrected chi connectivity index (χ4v) is 3.77. The van der Waals surface area contributed by atoms with Gasteiger partial charge in [0.15, 0.2) is 0 Å². The monoisotopic (exact) mass is 400 g/mol. The second kappa shape index (κ2) is 9.25. The Bertz CT molecular complexity index is 950. The highest BCUT2D eigenvalue weighted by Crippen LogP contribution is 2.31. The van der Waals surface area contributed by atoms with E-state index in [1.54, 1.807) is 19.9 Å². The summed E-state index contributed by atoms with van der Waals surface area (Å²) in [4.78, 5) is 36.4. The van der Waals surface area contributed by atoms with E-state index in [4.69, 9.17) is 13.9 Å². The van der Waals surface area contributed by atoms with Crippen molar-refractivity contribution in [3.05, 3.63) is 39.7 Å². The van der Waals surface area contributed by atoms with Gasteiger partial charge in [0.2, 0.25) is 0 Å². The lowest BCUT2D eigenvalue weighted by atomic mass is 9.89. The van der Waals surface area contributed by atoms with Gasteiger partial charge in [-0.3, -0.25) is 9.59 Å². The summed E-state index contributed by atoms with van der Waals surface area (Å²) in [5.41, 5.74) is 1.41. The molecule has 0 spiro atoms. The number of aryl methyl sites for hydroxylation is 2. The first-order chi connectivity index (χ1) is 13.8. The van der Waals surface area contributed by atoms with Crippen molar-refractivity contribution in [3.63, 3.8) is 0 Å². The summed E-state index contributed by atoms with van der Waals surface area (Å²) in [5, 5.41) is 0.759. The third kappa shape index (κ3) is 5.46. The predicted molar refractivity (Wildman–Crippen MR) is 109 cm³/mol. The minimum atomic E-state index is -0.451. The quantitative estimate of drug-likeness (QED) is 0.404. The number of esters is 2. The third-order valence-electron chi connectivity index (χ3n) is 5.25. The van der Waals surface area contributed by atoms with Crippen LogP contribution in [0.4, 0.5) is 0 Å². The molecule has 1 aromatic carbocycles. The minimum absolute atomic E-state index is 0.109. The number of ether oxygens (including phenoxy) is 2. The number of fused-ring (bicyclic) bond motifs is 1. The third-order valence-corrected chi connectivity index (χ3v) is 5.25. The maximum atomic E-state index is 12.7.